The molecule has 402 valence electrons. The summed E-state index contributed by atoms with van der Waals surface area (Å²) < 4.78 is 93.8. The number of hydrogen-bond donors (Lipinski definition) is 0. The molecular weight excluding hydrogens is 916 g/mol. The van der Waals surface area contributed by atoms with Crippen molar-refractivity contribution in [3.8, 4) is 0 Å². The third kappa shape index (κ3) is 83.5. The largest absolute Gasteiger partial charge is 3.00 e. The summed E-state index contributed by atoms with van der Waals surface area (Å²) in [6, 6.07) is 0. The fraction of sp³-hybridized carbons (Fsp3) is 1.00. The summed E-state index contributed by atoms with van der Waals surface area (Å²) in [5.74, 6) is -0.567. The Kier molecular flexibility index (Phi) is 64.8. The molecule has 0 unspecified atom stereocenters. The van der Waals surface area contributed by atoms with E-state index >= 15 is 0 Å². The summed E-state index contributed by atoms with van der Waals surface area (Å²) in [4.78, 5) is 0. The van der Waals surface area contributed by atoms with Crippen LogP contribution >= 0.6 is 0 Å². The zero-order chi connectivity index (χ0) is 49.6. The Morgan fingerprint density at radius 3 is 0.373 bits per heavy atom. The molecule has 0 aromatic rings. The van der Waals surface area contributed by atoms with E-state index in [1.807, 2.05) is 0 Å². The van der Waals surface area contributed by atoms with E-state index in [1.54, 1.807) is 0 Å². The Bertz CT molecular complexity index is 1100. The molecule has 0 radical (unpaired) electrons. The standard InChI is InChI=1S/3C18H38O3S.Al/c3*1-2-3-4-5-6-7-8-9-10-11-12-13-14-15-16-17-18-22(19,20)21;/h3*2-18H2,1H3,(H,19,20,21);/q;;;+3/p-3. The first-order valence-corrected chi connectivity index (χ1v) is 33.2. The van der Waals surface area contributed by atoms with Crippen LogP contribution in [0.5, 0.6) is 0 Å². The number of rotatable bonds is 51. The van der Waals surface area contributed by atoms with E-state index in [0.29, 0.717) is 19.3 Å². The van der Waals surface area contributed by atoms with Gasteiger partial charge in [-0.2, -0.15) is 0 Å². The van der Waals surface area contributed by atoms with Gasteiger partial charge in [0.2, 0.25) is 0 Å². The fourth-order valence-electron chi connectivity index (χ4n) is 8.48. The van der Waals surface area contributed by atoms with Gasteiger partial charge in [-0.05, 0) is 19.3 Å². The normalized spacial score (nSPS) is 11.7. The second-order valence-electron chi connectivity index (χ2n) is 19.7. The molecule has 0 aromatic carbocycles. The maximum absolute atomic E-state index is 10.4. The number of unbranched alkanes of at least 4 members (excludes halogenated alkanes) is 45. The summed E-state index contributed by atoms with van der Waals surface area (Å²) >= 11 is 0. The van der Waals surface area contributed by atoms with E-state index in [0.717, 1.165) is 38.5 Å². The van der Waals surface area contributed by atoms with E-state index in [2.05, 4.69) is 20.8 Å². The van der Waals surface area contributed by atoms with Crippen LogP contribution in [0.25, 0.3) is 0 Å². The van der Waals surface area contributed by atoms with E-state index < -0.39 is 30.4 Å². The molecule has 0 aliphatic heterocycles. The second-order valence-corrected chi connectivity index (χ2v) is 24.3. The minimum absolute atomic E-state index is 0. The topological polar surface area (TPSA) is 172 Å². The van der Waals surface area contributed by atoms with Gasteiger partial charge in [0.05, 0.1) is 30.4 Å². The Morgan fingerprint density at radius 2 is 0.284 bits per heavy atom. The van der Waals surface area contributed by atoms with Crippen LogP contribution in [0.1, 0.15) is 329 Å². The van der Waals surface area contributed by atoms with Gasteiger partial charge in [-0.3, -0.25) is 0 Å². The summed E-state index contributed by atoms with van der Waals surface area (Å²) in [6.07, 6.45) is 60.2. The zero-order valence-electron chi connectivity index (χ0n) is 44.5. The molecule has 0 bridgehead atoms. The van der Waals surface area contributed by atoms with Gasteiger partial charge in [0.25, 0.3) is 0 Å². The van der Waals surface area contributed by atoms with E-state index in [4.69, 9.17) is 0 Å². The predicted octanol–water partition coefficient (Wildman–Crippen LogP) is 17.0. The van der Waals surface area contributed by atoms with Gasteiger partial charge in [-0.25, -0.2) is 25.3 Å². The molecule has 0 saturated heterocycles. The van der Waals surface area contributed by atoms with Crippen LogP contribution in [-0.4, -0.2) is 73.5 Å². The van der Waals surface area contributed by atoms with Crippen LogP contribution in [0.3, 0.4) is 0 Å². The second kappa shape index (κ2) is 58.8. The summed E-state index contributed by atoms with van der Waals surface area (Å²) in [5, 5.41) is 0. The van der Waals surface area contributed by atoms with Gasteiger partial charge in [0.1, 0.15) is 0 Å². The minimum atomic E-state index is -3.99. The molecule has 67 heavy (non-hydrogen) atoms. The third-order valence-corrected chi connectivity index (χ3v) is 15.1. The van der Waals surface area contributed by atoms with Gasteiger partial charge < -0.3 is 13.7 Å². The van der Waals surface area contributed by atoms with Gasteiger partial charge in [-0.15, -0.1) is 0 Å². The maximum atomic E-state index is 10.4. The Hall–Kier alpha value is 0.262. The van der Waals surface area contributed by atoms with Crippen molar-refractivity contribution in [3.63, 3.8) is 0 Å². The summed E-state index contributed by atoms with van der Waals surface area (Å²) in [6.45, 7) is 6.78. The van der Waals surface area contributed by atoms with E-state index in [-0.39, 0.29) is 34.6 Å². The first-order chi connectivity index (χ1) is 31.7. The Labute approximate surface area is 430 Å². The van der Waals surface area contributed by atoms with Crippen molar-refractivity contribution in [3.05, 3.63) is 0 Å². The first-order valence-electron chi connectivity index (χ1n) is 28.5. The molecule has 0 aromatic heterocycles. The van der Waals surface area contributed by atoms with Crippen molar-refractivity contribution < 1.29 is 38.9 Å². The molecule has 9 nitrogen and oxygen atoms in total. The minimum Gasteiger partial charge on any atom is -0.748 e. The van der Waals surface area contributed by atoms with Crippen molar-refractivity contribution in [1.82, 2.24) is 0 Å². The molecule has 0 aliphatic carbocycles. The number of hydrogen-bond acceptors (Lipinski definition) is 9. The zero-order valence-corrected chi connectivity index (χ0v) is 48.1. The quantitative estimate of drug-likeness (QED) is 0.0327. The van der Waals surface area contributed by atoms with Gasteiger partial charge in [0, 0.05) is 17.3 Å². The Balaban J connectivity index is -0.000000441. The molecule has 0 spiro atoms. The van der Waals surface area contributed by atoms with Gasteiger partial charge >= 0.3 is 17.4 Å². The summed E-state index contributed by atoms with van der Waals surface area (Å²) in [5.41, 5.74) is 0. The average molecular weight is 1030 g/mol. The van der Waals surface area contributed by atoms with Crippen LogP contribution in [0.15, 0.2) is 0 Å². The van der Waals surface area contributed by atoms with Gasteiger partial charge in [0.15, 0.2) is 0 Å². The maximum Gasteiger partial charge on any atom is 3.00 e. The Morgan fingerprint density at radius 1 is 0.194 bits per heavy atom. The average Bonchev–Trinajstić information content (AvgIpc) is 3.25. The molecule has 0 fully saturated rings. The van der Waals surface area contributed by atoms with Crippen molar-refractivity contribution in [1.29, 1.82) is 0 Å². The van der Waals surface area contributed by atoms with E-state index in [1.165, 1.54) is 250 Å². The molecule has 0 N–H and O–H groups in total. The van der Waals surface area contributed by atoms with Crippen molar-refractivity contribution >= 4 is 47.7 Å². The monoisotopic (exact) mass is 1030 g/mol. The van der Waals surface area contributed by atoms with Crippen LogP contribution in [0, 0.1) is 0 Å². The predicted molar refractivity (Wildman–Crippen MR) is 288 cm³/mol. The van der Waals surface area contributed by atoms with Crippen LogP contribution in [-0.2, 0) is 30.4 Å². The van der Waals surface area contributed by atoms with E-state index in [9.17, 15) is 38.9 Å². The van der Waals surface area contributed by atoms with Crippen molar-refractivity contribution in [2.75, 3.05) is 17.3 Å². The first kappa shape index (κ1) is 73.8. The smallest absolute Gasteiger partial charge is 0.748 e. The van der Waals surface area contributed by atoms with Gasteiger partial charge in [-0.1, -0.05) is 310 Å². The molecular formula is C54H111AlO9S3. The van der Waals surface area contributed by atoms with Crippen molar-refractivity contribution in [2.24, 2.45) is 0 Å². The molecule has 13 heteroatoms. The van der Waals surface area contributed by atoms with Crippen LogP contribution in [0.4, 0.5) is 0 Å². The molecule has 0 amide bonds. The van der Waals surface area contributed by atoms with Crippen molar-refractivity contribution in [2.45, 2.75) is 329 Å². The fourth-order valence-corrected chi connectivity index (χ4v) is 10.2. The summed E-state index contributed by atoms with van der Waals surface area (Å²) in [7, 11) is -12.0. The molecule has 0 aliphatic rings. The molecule has 0 atom stereocenters. The van der Waals surface area contributed by atoms with Crippen LogP contribution < -0.4 is 0 Å². The molecule has 0 rings (SSSR count). The molecule has 0 heterocycles. The van der Waals surface area contributed by atoms with Crippen LogP contribution in [0.2, 0.25) is 0 Å². The molecule has 0 saturated carbocycles. The SMILES string of the molecule is CCCCCCCCCCCCCCCCCCS(=O)(=O)[O-].CCCCCCCCCCCCCCCCCCS(=O)(=O)[O-].CCCCCCCCCCCCCCCCCCS(=O)(=O)[O-].[Al+3]. The third-order valence-electron chi connectivity index (χ3n) is 12.7.